The van der Waals surface area contributed by atoms with Crippen LogP contribution in [0.5, 0.6) is 0 Å². The van der Waals surface area contributed by atoms with E-state index in [1.165, 1.54) is 18.2 Å². The highest BCUT2D eigenvalue weighted by Gasteiger charge is 2.30. The fourth-order valence-corrected chi connectivity index (χ4v) is 2.51. The molecule has 0 fully saturated rings. The van der Waals surface area contributed by atoms with Crippen LogP contribution in [0.4, 0.5) is 5.69 Å². The third-order valence-electron chi connectivity index (χ3n) is 3.56. The number of nitrogens with zero attached hydrogens (tertiary/aromatic N) is 1. The number of hydrogen-bond acceptors (Lipinski definition) is 4. The smallest absolute Gasteiger partial charge is 0.266 e. The first kappa shape index (κ1) is 16.4. The van der Waals surface area contributed by atoms with Gasteiger partial charge >= 0.3 is 0 Å². The van der Waals surface area contributed by atoms with Crippen LogP contribution in [-0.4, -0.2) is 17.7 Å². The Morgan fingerprint density at radius 2 is 1.84 bits per heavy atom. The molecule has 0 aliphatic carbocycles. The number of imide groups is 1. The van der Waals surface area contributed by atoms with Crippen LogP contribution in [0.25, 0.3) is 6.08 Å². The van der Waals surface area contributed by atoms with E-state index in [9.17, 15) is 19.6 Å². The minimum Gasteiger partial charge on any atom is -0.321 e. The highest BCUT2D eigenvalue weighted by Crippen LogP contribution is 2.25. The minimum atomic E-state index is -0.682. The zero-order valence-electron chi connectivity index (χ0n) is 12.7. The Balaban J connectivity index is 1.90. The molecule has 7 heteroatoms. The summed E-state index contributed by atoms with van der Waals surface area (Å²) in [4.78, 5) is 35.9. The second-order valence-corrected chi connectivity index (χ2v) is 5.62. The average Bonchev–Trinajstić information content (AvgIpc) is 2.89. The number of nitrogens with one attached hydrogen (secondary N) is 2. The maximum absolute atomic E-state index is 12.4. The Hall–Kier alpha value is -3.43. The predicted molar refractivity (Wildman–Crippen MR) is 91.9 cm³/mol. The van der Waals surface area contributed by atoms with Gasteiger partial charge in [-0.25, -0.2) is 0 Å². The maximum Gasteiger partial charge on any atom is 0.266 e. The number of carbonyl (C=O) groups is 3. The topological polar surface area (TPSA) is 99.1 Å². The fourth-order valence-electron chi connectivity index (χ4n) is 2.39. The molecular weight excluding hydrogens is 342 g/mol. The fraction of sp³-hybridized carbons (Fsp3) is 0. The lowest BCUT2D eigenvalue weighted by Gasteiger charge is -2.07. The summed E-state index contributed by atoms with van der Waals surface area (Å²) in [5, 5.41) is 14.4. The summed E-state index contributed by atoms with van der Waals surface area (Å²) in [5.41, 5.74) is 0.919. The highest BCUT2D eigenvalue weighted by molar-refractivity contribution is 6.30. The molecule has 25 heavy (non-hydrogen) atoms. The van der Waals surface area contributed by atoms with Gasteiger partial charge in [0, 0.05) is 5.02 Å². The van der Waals surface area contributed by atoms with Crippen LogP contribution in [0.1, 0.15) is 26.3 Å². The maximum atomic E-state index is 12.4. The largest absolute Gasteiger partial charge is 0.321 e. The third-order valence-corrected chi connectivity index (χ3v) is 3.81. The van der Waals surface area contributed by atoms with Gasteiger partial charge in [0.25, 0.3) is 17.7 Å². The van der Waals surface area contributed by atoms with Crippen molar-refractivity contribution in [3.8, 4) is 6.07 Å². The van der Waals surface area contributed by atoms with E-state index in [0.29, 0.717) is 10.6 Å². The van der Waals surface area contributed by atoms with Gasteiger partial charge in [0.05, 0.1) is 16.8 Å². The van der Waals surface area contributed by atoms with Gasteiger partial charge in [-0.2, -0.15) is 5.26 Å². The molecular formula is C18H10ClN3O3. The van der Waals surface area contributed by atoms with Crippen molar-refractivity contribution in [2.45, 2.75) is 0 Å². The second kappa shape index (κ2) is 6.59. The van der Waals surface area contributed by atoms with E-state index >= 15 is 0 Å². The molecule has 1 heterocycles. The van der Waals surface area contributed by atoms with Gasteiger partial charge in [0.1, 0.15) is 11.6 Å². The van der Waals surface area contributed by atoms with E-state index in [1.807, 2.05) is 6.07 Å². The van der Waals surface area contributed by atoms with E-state index in [0.717, 1.165) is 0 Å². The van der Waals surface area contributed by atoms with Gasteiger partial charge in [0.15, 0.2) is 0 Å². The monoisotopic (exact) mass is 351 g/mol. The van der Waals surface area contributed by atoms with Crippen molar-refractivity contribution in [2.75, 3.05) is 5.32 Å². The Morgan fingerprint density at radius 3 is 2.52 bits per heavy atom. The SMILES string of the molecule is N#C/C(=C/c1ccc(Cl)cc1)C(=O)Nc1cccc2c1C(=O)NC2=O. The minimum absolute atomic E-state index is 0.0876. The Kier molecular flexibility index (Phi) is 4.33. The van der Waals surface area contributed by atoms with Crippen LogP contribution in [0.15, 0.2) is 48.0 Å². The van der Waals surface area contributed by atoms with E-state index in [1.54, 1.807) is 30.3 Å². The van der Waals surface area contributed by atoms with Crippen molar-refractivity contribution in [3.05, 3.63) is 69.8 Å². The molecule has 1 aliphatic rings. The molecule has 0 atom stereocenters. The van der Waals surface area contributed by atoms with Crippen molar-refractivity contribution in [1.82, 2.24) is 5.32 Å². The molecule has 3 rings (SSSR count). The van der Waals surface area contributed by atoms with Crippen LogP contribution in [-0.2, 0) is 4.79 Å². The third kappa shape index (κ3) is 3.27. The van der Waals surface area contributed by atoms with Crippen LogP contribution in [0.3, 0.4) is 0 Å². The Labute approximate surface area is 147 Å². The van der Waals surface area contributed by atoms with Crippen molar-refractivity contribution >= 4 is 41.1 Å². The summed E-state index contributed by atoms with van der Waals surface area (Å²) in [5.74, 6) is -1.79. The van der Waals surface area contributed by atoms with Gasteiger partial charge in [-0.1, -0.05) is 29.8 Å². The molecule has 0 radical (unpaired) electrons. The number of benzene rings is 2. The van der Waals surface area contributed by atoms with Crippen molar-refractivity contribution in [3.63, 3.8) is 0 Å². The molecule has 2 aromatic rings. The molecule has 122 valence electrons. The summed E-state index contributed by atoms with van der Waals surface area (Å²) in [7, 11) is 0. The summed E-state index contributed by atoms with van der Waals surface area (Å²) in [6.45, 7) is 0. The normalized spacial score (nSPS) is 13.0. The first-order valence-electron chi connectivity index (χ1n) is 7.17. The molecule has 6 nitrogen and oxygen atoms in total. The molecule has 0 bridgehead atoms. The summed E-state index contributed by atoms with van der Waals surface area (Å²) < 4.78 is 0. The quantitative estimate of drug-likeness (QED) is 0.504. The summed E-state index contributed by atoms with van der Waals surface area (Å²) in [6.07, 6.45) is 1.40. The summed E-state index contributed by atoms with van der Waals surface area (Å²) in [6, 6.07) is 13.0. The lowest BCUT2D eigenvalue weighted by Crippen LogP contribution is -2.21. The van der Waals surface area contributed by atoms with Crippen LogP contribution >= 0.6 is 11.6 Å². The molecule has 2 N–H and O–H groups in total. The average molecular weight is 352 g/mol. The Morgan fingerprint density at radius 1 is 1.12 bits per heavy atom. The molecule has 0 spiro atoms. The number of rotatable bonds is 3. The molecule has 0 unspecified atom stereocenters. The van der Waals surface area contributed by atoms with Crippen LogP contribution < -0.4 is 10.6 Å². The Bertz CT molecular complexity index is 972. The van der Waals surface area contributed by atoms with Crippen molar-refractivity contribution < 1.29 is 14.4 Å². The summed E-state index contributed by atoms with van der Waals surface area (Å²) >= 11 is 5.80. The highest BCUT2D eigenvalue weighted by atomic mass is 35.5. The van der Waals surface area contributed by atoms with Crippen molar-refractivity contribution in [1.29, 1.82) is 5.26 Å². The molecule has 2 aromatic carbocycles. The van der Waals surface area contributed by atoms with Crippen molar-refractivity contribution in [2.24, 2.45) is 0 Å². The molecule has 1 aliphatic heterocycles. The number of amides is 3. The van der Waals surface area contributed by atoms with Gasteiger partial charge in [-0.15, -0.1) is 0 Å². The lowest BCUT2D eigenvalue weighted by molar-refractivity contribution is -0.112. The molecule has 0 saturated heterocycles. The zero-order chi connectivity index (χ0) is 18.0. The van der Waals surface area contributed by atoms with E-state index in [-0.39, 0.29) is 22.4 Å². The number of carbonyl (C=O) groups excluding carboxylic acids is 3. The zero-order valence-corrected chi connectivity index (χ0v) is 13.4. The van der Waals surface area contributed by atoms with E-state index in [2.05, 4.69) is 10.6 Å². The number of nitriles is 1. The standard InChI is InChI=1S/C18H10ClN3O3/c19-12-6-4-10(5-7-12)8-11(9-20)16(23)21-14-3-1-2-13-15(14)18(25)22-17(13)24/h1-8H,(H,21,23)(H,22,24,25)/b11-8-. The van der Waals surface area contributed by atoms with Gasteiger partial charge in [-0.3, -0.25) is 19.7 Å². The first-order valence-corrected chi connectivity index (χ1v) is 7.55. The second-order valence-electron chi connectivity index (χ2n) is 5.19. The van der Waals surface area contributed by atoms with Gasteiger partial charge in [0.2, 0.25) is 0 Å². The van der Waals surface area contributed by atoms with Gasteiger partial charge in [-0.05, 0) is 35.9 Å². The van der Waals surface area contributed by atoms with Gasteiger partial charge < -0.3 is 5.32 Å². The first-order chi connectivity index (χ1) is 12.0. The molecule has 0 aromatic heterocycles. The number of halogens is 1. The van der Waals surface area contributed by atoms with Crippen LogP contribution in [0.2, 0.25) is 5.02 Å². The molecule has 0 saturated carbocycles. The number of hydrogen-bond donors (Lipinski definition) is 2. The molecule has 3 amide bonds. The lowest BCUT2D eigenvalue weighted by atomic mass is 10.1. The number of anilines is 1. The van der Waals surface area contributed by atoms with E-state index in [4.69, 9.17) is 11.6 Å². The van der Waals surface area contributed by atoms with Crippen LogP contribution in [0, 0.1) is 11.3 Å². The van der Waals surface area contributed by atoms with E-state index < -0.39 is 17.7 Å². The predicted octanol–water partition coefficient (Wildman–Crippen LogP) is 2.77. The number of fused-ring (bicyclic) bond motifs is 1.